The SMILES string of the molecule is Cc1cc(C)c(-c2cccc3c2[nH]c2ccccc23)c(C)c1. The first kappa shape index (κ1) is 13.1. The van der Waals surface area contributed by atoms with Crippen LogP contribution in [0.1, 0.15) is 16.7 Å². The normalized spacial score (nSPS) is 11.4. The number of para-hydroxylation sites is 2. The monoisotopic (exact) mass is 285 g/mol. The van der Waals surface area contributed by atoms with Crippen molar-refractivity contribution in [2.24, 2.45) is 0 Å². The Balaban J connectivity index is 2.12. The molecule has 1 heteroatoms. The molecule has 22 heavy (non-hydrogen) atoms. The van der Waals surface area contributed by atoms with Crippen LogP contribution in [0.2, 0.25) is 0 Å². The molecule has 4 rings (SSSR count). The van der Waals surface area contributed by atoms with E-state index in [-0.39, 0.29) is 0 Å². The van der Waals surface area contributed by atoms with Crippen molar-refractivity contribution < 1.29 is 0 Å². The van der Waals surface area contributed by atoms with E-state index in [4.69, 9.17) is 0 Å². The summed E-state index contributed by atoms with van der Waals surface area (Å²) in [5, 5.41) is 2.59. The molecule has 0 fully saturated rings. The summed E-state index contributed by atoms with van der Waals surface area (Å²) in [7, 11) is 0. The molecule has 1 heterocycles. The van der Waals surface area contributed by atoms with Gasteiger partial charge in [-0.05, 0) is 43.5 Å². The van der Waals surface area contributed by atoms with E-state index in [9.17, 15) is 0 Å². The third-order valence-corrected chi connectivity index (χ3v) is 4.49. The van der Waals surface area contributed by atoms with Crippen molar-refractivity contribution in [2.75, 3.05) is 0 Å². The van der Waals surface area contributed by atoms with E-state index in [0.717, 1.165) is 0 Å². The molecule has 1 nitrogen and oxygen atoms in total. The lowest BCUT2D eigenvalue weighted by Gasteiger charge is -2.12. The summed E-state index contributed by atoms with van der Waals surface area (Å²) in [6.07, 6.45) is 0. The van der Waals surface area contributed by atoms with Crippen LogP contribution in [0.15, 0.2) is 54.6 Å². The fourth-order valence-electron chi connectivity index (χ4n) is 3.69. The molecule has 4 aromatic rings. The van der Waals surface area contributed by atoms with Crippen LogP contribution in [0.5, 0.6) is 0 Å². The van der Waals surface area contributed by atoms with Gasteiger partial charge in [0.1, 0.15) is 0 Å². The first-order valence-electron chi connectivity index (χ1n) is 7.73. The van der Waals surface area contributed by atoms with Crippen LogP contribution in [-0.4, -0.2) is 4.98 Å². The summed E-state index contributed by atoms with van der Waals surface area (Å²) >= 11 is 0. The molecule has 0 radical (unpaired) electrons. The quantitative estimate of drug-likeness (QED) is 0.447. The standard InChI is InChI=1S/C21H19N/c1-13-11-14(2)20(15(3)12-13)18-9-6-8-17-16-7-4-5-10-19(16)22-21(17)18/h4-12,22H,1-3H3. The minimum atomic E-state index is 1.20. The van der Waals surface area contributed by atoms with Crippen LogP contribution in [0.4, 0.5) is 0 Å². The highest BCUT2D eigenvalue weighted by Crippen LogP contribution is 2.36. The molecular formula is C21H19N. The first-order valence-corrected chi connectivity index (χ1v) is 7.73. The van der Waals surface area contributed by atoms with Gasteiger partial charge in [-0.25, -0.2) is 0 Å². The van der Waals surface area contributed by atoms with Crippen molar-refractivity contribution >= 4 is 21.8 Å². The zero-order chi connectivity index (χ0) is 15.3. The van der Waals surface area contributed by atoms with Gasteiger partial charge in [-0.1, -0.05) is 54.1 Å². The summed E-state index contributed by atoms with van der Waals surface area (Å²) in [4.78, 5) is 3.61. The van der Waals surface area contributed by atoms with E-state index >= 15 is 0 Å². The second-order valence-corrected chi connectivity index (χ2v) is 6.17. The van der Waals surface area contributed by atoms with Crippen LogP contribution < -0.4 is 0 Å². The molecule has 0 aliphatic heterocycles. The topological polar surface area (TPSA) is 15.8 Å². The lowest BCUT2D eigenvalue weighted by Crippen LogP contribution is -1.91. The molecule has 0 aliphatic rings. The van der Waals surface area contributed by atoms with Crippen LogP contribution in [0.25, 0.3) is 32.9 Å². The van der Waals surface area contributed by atoms with E-state index in [1.807, 2.05) is 0 Å². The maximum Gasteiger partial charge on any atom is 0.0544 e. The number of rotatable bonds is 1. The number of nitrogens with one attached hydrogen (secondary N) is 1. The van der Waals surface area contributed by atoms with E-state index in [1.165, 1.54) is 49.6 Å². The Hall–Kier alpha value is -2.54. The van der Waals surface area contributed by atoms with Gasteiger partial charge in [0, 0.05) is 21.9 Å². The molecule has 1 N–H and O–H groups in total. The summed E-state index contributed by atoms with van der Waals surface area (Å²) in [5.41, 5.74) is 9.08. The number of hydrogen-bond donors (Lipinski definition) is 1. The molecule has 3 aromatic carbocycles. The summed E-state index contributed by atoms with van der Waals surface area (Å²) in [6.45, 7) is 6.57. The number of H-pyrrole nitrogens is 1. The number of fused-ring (bicyclic) bond motifs is 3. The third kappa shape index (κ3) is 1.86. The predicted molar refractivity (Wildman–Crippen MR) is 95.5 cm³/mol. The molecule has 0 bridgehead atoms. The highest BCUT2D eigenvalue weighted by Gasteiger charge is 2.13. The van der Waals surface area contributed by atoms with E-state index < -0.39 is 0 Å². The maximum absolute atomic E-state index is 3.61. The molecular weight excluding hydrogens is 266 g/mol. The molecule has 0 spiro atoms. The molecule has 0 saturated heterocycles. The molecule has 0 saturated carbocycles. The Morgan fingerprint density at radius 3 is 2.18 bits per heavy atom. The summed E-state index contributed by atoms with van der Waals surface area (Å²) in [5.74, 6) is 0. The van der Waals surface area contributed by atoms with Crippen LogP contribution >= 0.6 is 0 Å². The summed E-state index contributed by atoms with van der Waals surface area (Å²) < 4.78 is 0. The Kier molecular flexibility index (Phi) is 2.83. The van der Waals surface area contributed by atoms with Crippen molar-refractivity contribution in [1.29, 1.82) is 0 Å². The Morgan fingerprint density at radius 2 is 1.41 bits per heavy atom. The van der Waals surface area contributed by atoms with Crippen molar-refractivity contribution in [3.05, 3.63) is 71.3 Å². The highest BCUT2D eigenvalue weighted by atomic mass is 14.7. The molecule has 0 unspecified atom stereocenters. The predicted octanol–water partition coefficient (Wildman–Crippen LogP) is 5.91. The van der Waals surface area contributed by atoms with Gasteiger partial charge in [0.15, 0.2) is 0 Å². The van der Waals surface area contributed by atoms with Gasteiger partial charge in [-0.3, -0.25) is 0 Å². The lowest BCUT2D eigenvalue weighted by molar-refractivity contribution is 1.32. The smallest absolute Gasteiger partial charge is 0.0544 e. The minimum Gasteiger partial charge on any atom is -0.354 e. The van der Waals surface area contributed by atoms with Crippen LogP contribution in [0, 0.1) is 20.8 Å². The Morgan fingerprint density at radius 1 is 0.727 bits per heavy atom. The van der Waals surface area contributed by atoms with Gasteiger partial charge >= 0.3 is 0 Å². The van der Waals surface area contributed by atoms with Gasteiger partial charge in [0.25, 0.3) is 0 Å². The second-order valence-electron chi connectivity index (χ2n) is 6.17. The third-order valence-electron chi connectivity index (χ3n) is 4.49. The number of aromatic amines is 1. The van der Waals surface area contributed by atoms with Crippen molar-refractivity contribution in [1.82, 2.24) is 4.98 Å². The van der Waals surface area contributed by atoms with E-state index in [1.54, 1.807) is 0 Å². The van der Waals surface area contributed by atoms with Gasteiger partial charge < -0.3 is 4.98 Å². The van der Waals surface area contributed by atoms with Crippen molar-refractivity contribution in [2.45, 2.75) is 20.8 Å². The number of aryl methyl sites for hydroxylation is 3. The Bertz CT molecular complexity index is 982. The second kappa shape index (κ2) is 4.74. The zero-order valence-corrected chi connectivity index (χ0v) is 13.2. The van der Waals surface area contributed by atoms with Crippen molar-refractivity contribution in [3.63, 3.8) is 0 Å². The van der Waals surface area contributed by atoms with Crippen LogP contribution in [-0.2, 0) is 0 Å². The molecule has 1 aromatic heterocycles. The first-order chi connectivity index (χ1) is 10.6. The number of hydrogen-bond acceptors (Lipinski definition) is 0. The van der Waals surface area contributed by atoms with E-state index in [2.05, 4.69) is 80.4 Å². The fraction of sp³-hybridized carbons (Fsp3) is 0.143. The number of benzene rings is 3. The van der Waals surface area contributed by atoms with Gasteiger partial charge in [0.05, 0.1) is 5.52 Å². The Labute approximate surface area is 130 Å². The molecule has 0 aliphatic carbocycles. The van der Waals surface area contributed by atoms with Crippen LogP contribution in [0.3, 0.4) is 0 Å². The molecule has 0 atom stereocenters. The highest BCUT2D eigenvalue weighted by molar-refractivity contribution is 6.12. The summed E-state index contributed by atoms with van der Waals surface area (Å²) in [6, 6.07) is 19.6. The molecule has 108 valence electrons. The lowest BCUT2D eigenvalue weighted by atomic mass is 9.92. The van der Waals surface area contributed by atoms with Gasteiger partial charge in [0.2, 0.25) is 0 Å². The average molecular weight is 285 g/mol. The fourth-order valence-corrected chi connectivity index (χ4v) is 3.69. The largest absolute Gasteiger partial charge is 0.354 e. The zero-order valence-electron chi connectivity index (χ0n) is 13.2. The minimum absolute atomic E-state index is 1.20. The van der Waals surface area contributed by atoms with Crippen molar-refractivity contribution in [3.8, 4) is 11.1 Å². The maximum atomic E-state index is 3.61. The molecule has 0 amide bonds. The average Bonchev–Trinajstić information content (AvgIpc) is 2.86. The van der Waals surface area contributed by atoms with Gasteiger partial charge in [-0.2, -0.15) is 0 Å². The number of aromatic nitrogens is 1. The van der Waals surface area contributed by atoms with E-state index in [0.29, 0.717) is 0 Å². The van der Waals surface area contributed by atoms with Gasteiger partial charge in [-0.15, -0.1) is 0 Å².